The lowest BCUT2D eigenvalue weighted by Gasteiger charge is -2.06. The van der Waals surface area contributed by atoms with E-state index in [0.717, 1.165) is 18.0 Å². The van der Waals surface area contributed by atoms with Gasteiger partial charge >= 0.3 is 11.8 Å². The van der Waals surface area contributed by atoms with Gasteiger partial charge in [0.15, 0.2) is 6.20 Å². The highest BCUT2D eigenvalue weighted by atomic mass is 32.1. The summed E-state index contributed by atoms with van der Waals surface area (Å²) in [5.74, 6) is -1.76. The van der Waals surface area contributed by atoms with Crippen molar-refractivity contribution in [2.45, 2.75) is 6.54 Å². The van der Waals surface area contributed by atoms with Gasteiger partial charge in [0.2, 0.25) is 0 Å². The first-order valence-corrected chi connectivity index (χ1v) is 6.01. The van der Waals surface area contributed by atoms with E-state index in [1.807, 2.05) is 5.38 Å². The molecule has 2 heterocycles. The van der Waals surface area contributed by atoms with Crippen LogP contribution < -0.4 is 5.32 Å². The summed E-state index contributed by atoms with van der Waals surface area (Å²) in [6.07, 6.45) is 1.13. The Morgan fingerprint density at radius 1 is 1.53 bits per heavy atom. The second kappa shape index (κ2) is 5.40. The van der Waals surface area contributed by atoms with Gasteiger partial charge in [0, 0.05) is 5.38 Å². The van der Waals surface area contributed by atoms with Crippen LogP contribution in [0, 0.1) is 10.1 Å². The normalized spacial score (nSPS) is 10.1. The molecule has 0 unspecified atom stereocenters. The molecule has 0 radical (unpaired) electrons. The van der Waals surface area contributed by atoms with E-state index in [1.165, 1.54) is 11.3 Å². The average Bonchev–Trinajstić information content (AvgIpc) is 2.89. The third-order valence-corrected chi connectivity index (χ3v) is 2.89. The SMILES string of the molecule is O=C(O)c1cc([N+](=O)[O-])ncc1NCc1cscn1. The highest BCUT2D eigenvalue weighted by Crippen LogP contribution is 2.20. The van der Waals surface area contributed by atoms with E-state index in [0.29, 0.717) is 6.54 Å². The molecule has 0 aliphatic heterocycles. The van der Waals surface area contributed by atoms with Crippen LogP contribution >= 0.6 is 11.3 Å². The number of pyridine rings is 1. The van der Waals surface area contributed by atoms with Crippen LogP contribution in [-0.4, -0.2) is 26.0 Å². The molecule has 0 aliphatic carbocycles. The molecule has 98 valence electrons. The Labute approximate surface area is 110 Å². The molecule has 19 heavy (non-hydrogen) atoms. The summed E-state index contributed by atoms with van der Waals surface area (Å²) in [6, 6.07) is 0.922. The molecule has 0 fully saturated rings. The number of thiazole rings is 1. The van der Waals surface area contributed by atoms with Gasteiger partial charge in [-0.1, -0.05) is 0 Å². The van der Waals surface area contributed by atoms with Crippen molar-refractivity contribution in [1.82, 2.24) is 9.97 Å². The smallest absolute Gasteiger partial charge is 0.364 e. The number of nitrogens with one attached hydrogen (secondary N) is 1. The van der Waals surface area contributed by atoms with Crippen LogP contribution in [0.3, 0.4) is 0 Å². The number of carboxylic acid groups (broad SMARTS) is 1. The lowest BCUT2D eigenvalue weighted by atomic mass is 10.2. The fourth-order valence-corrected chi connectivity index (χ4v) is 1.93. The van der Waals surface area contributed by atoms with E-state index in [9.17, 15) is 14.9 Å². The molecule has 8 nitrogen and oxygen atoms in total. The summed E-state index contributed by atoms with van der Waals surface area (Å²) < 4.78 is 0. The van der Waals surface area contributed by atoms with Crippen LogP contribution in [0.25, 0.3) is 0 Å². The number of aromatic nitrogens is 2. The molecule has 0 saturated heterocycles. The van der Waals surface area contributed by atoms with Crippen LogP contribution in [0.5, 0.6) is 0 Å². The Hall–Kier alpha value is -2.55. The van der Waals surface area contributed by atoms with Crippen molar-refractivity contribution in [3.8, 4) is 0 Å². The molecule has 9 heteroatoms. The quantitative estimate of drug-likeness (QED) is 0.632. The fourth-order valence-electron chi connectivity index (χ4n) is 1.37. The van der Waals surface area contributed by atoms with Gasteiger partial charge in [0.1, 0.15) is 0 Å². The standard InChI is InChI=1S/C10H8N4O4S/c15-10(16)7-1-9(14(17)18)12-3-8(7)11-2-6-4-19-5-13-6/h1,3-5,11H,2H2,(H,15,16). The number of anilines is 1. The first kappa shape index (κ1) is 12.9. The number of carboxylic acids is 1. The molecular weight excluding hydrogens is 272 g/mol. The predicted octanol–water partition coefficient (Wildman–Crippen LogP) is 1.76. The average molecular weight is 280 g/mol. The number of carbonyl (C=O) groups is 1. The Morgan fingerprint density at radius 2 is 2.32 bits per heavy atom. The van der Waals surface area contributed by atoms with Crippen molar-refractivity contribution in [2.24, 2.45) is 0 Å². The predicted molar refractivity (Wildman–Crippen MR) is 67.3 cm³/mol. The second-order valence-corrected chi connectivity index (χ2v) is 4.20. The molecule has 0 saturated carbocycles. The molecule has 0 amide bonds. The number of nitrogens with zero attached hydrogens (tertiary/aromatic N) is 3. The Kier molecular flexibility index (Phi) is 3.66. The van der Waals surface area contributed by atoms with Crippen molar-refractivity contribution >= 4 is 28.8 Å². The summed E-state index contributed by atoms with van der Waals surface area (Å²) in [5, 5.41) is 24.2. The summed E-state index contributed by atoms with van der Waals surface area (Å²) >= 11 is 1.42. The number of hydrogen-bond acceptors (Lipinski definition) is 7. The summed E-state index contributed by atoms with van der Waals surface area (Å²) in [7, 11) is 0. The lowest BCUT2D eigenvalue weighted by Crippen LogP contribution is -2.08. The fraction of sp³-hybridized carbons (Fsp3) is 0.100. The van der Waals surface area contributed by atoms with Gasteiger partial charge in [-0.2, -0.15) is 0 Å². The van der Waals surface area contributed by atoms with Gasteiger partial charge in [0.05, 0.1) is 35.1 Å². The Bertz CT molecular complexity index is 614. The van der Waals surface area contributed by atoms with Crippen LogP contribution in [-0.2, 0) is 6.54 Å². The monoisotopic (exact) mass is 280 g/mol. The molecule has 0 aromatic carbocycles. The first-order chi connectivity index (χ1) is 9.08. The zero-order valence-corrected chi connectivity index (χ0v) is 10.3. The summed E-state index contributed by atoms with van der Waals surface area (Å²) in [6.45, 7) is 0.323. The highest BCUT2D eigenvalue weighted by molar-refractivity contribution is 7.07. The summed E-state index contributed by atoms with van der Waals surface area (Å²) in [5.41, 5.74) is 2.42. The number of rotatable bonds is 5. The Balaban J connectivity index is 2.24. The van der Waals surface area contributed by atoms with E-state index in [4.69, 9.17) is 5.11 Å². The molecule has 2 N–H and O–H groups in total. The van der Waals surface area contributed by atoms with E-state index in [2.05, 4.69) is 15.3 Å². The number of hydrogen-bond donors (Lipinski definition) is 2. The van der Waals surface area contributed by atoms with Crippen LogP contribution in [0.2, 0.25) is 0 Å². The van der Waals surface area contributed by atoms with E-state index in [-0.39, 0.29) is 11.3 Å². The largest absolute Gasteiger partial charge is 0.478 e. The van der Waals surface area contributed by atoms with E-state index < -0.39 is 16.7 Å². The second-order valence-electron chi connectivity index (χ2n) is 3.48. The maximum Gasteiger partial charge on any atom is 0.364 e. The third kappa shape index (κ3) is 3.01. The van der Waals surface area contributed by atoms with Crippen molar-refractivity contribution in [1.29, 1.82) is 0 Å². The molecule has 2 aromatic heterocycles. The lowest BCUT2D eigenvalue weighted by molar-refractivity contribution is -0.389. The molecular formula is C10H8N4O4S. The minimum Gasteiger partial charge on any atom is -0.478 e. The Morgan fingerprint density at radius 3 is 2.89 bits per heavy atom. The molecule has 2 rings (SSSR count). The van der Waals surface area contributed by atoms with Crippen molar-refractivity contribution in [3.63, 3.8) is 0 Å². The molecule has 2 aromatic rings. The minimum absolute atomic E-state index is 0.197. The molecule has 0 bridgehead atoms. The van der Waals surface area contributed by atoms with Crippen LogP contribution in [0.4, 0.5) is 11.5 Å². The number of nitro groups is 1. The van der Waals surface area contributed by atoms with E-state index >= 15 is 0 Å². The third-order valence-electron chi connectivity index (χ3n) is 2.25. The maximum atomic E-state index is 11.1. The maximum absolute atomic E-state index is 11.1. The number of aromatic carboxylic acids is 1. The van der Waals surface area contributed by atoms with E-state index in [1.54, 1.807) is 5.51 Å². The minimum atomic E-state index is -1.26. The van der Waals surface area contributed by atoms with Crippen LogP contribution in [0.1, 0.15) is 16.1 Å². The van der Waals surface area contributed by atoms with Crippen molar-refractivity contribution in [3.05, 3.63) is 44.5 Å². The van der Waals surface area contributed by atoms with Gasteiger partial charge in [-0.3, -0.25) is 0 Å². The van der Waals surface area contributed by atoms with Gasteiger partial charge in [0.25, 0.3) is 0 Å². The van der Waals surface area contributed by atoms with Crippen molar-refractivity contribution in [2.75, 3.05) is 5.32 Å². The zero-order chi connectivity index (χ0) is 13.8. The molecule has 0 spiro atoms. The van der Waals surface area contributed by atoms with Gasteiger partial charge in [-0.05, 0) is 9.91 Å². The van der Waals surface area contributed by atoms with Gasteiger partial charge in [-0.25, -0.2) is 9.78 Å². The molecule has 0 atom stereocenters. The summed E-state index contributed by atoms with van der Waals surface area (Å²) in [4.78, 5) is 28.5. The van der Waals surface area contributed by atoms with Crippen molar-refractivity contribution < 1.29 is 14.8 Å². The van der Waals surface area contributed by atoms with Gasteiger partial charge < -0.3 is 20.5 Å². The topological polar surface area (TPSA) is 118 Å². The first-order valence-electron chi connectivity index (χ1n) is 5.06. The van der Waals surface area contributed by atoms with Gasteiger partial charge in [-0.15, -0.1) is 11.3 Å². The molecule has 0 aliphatic rings. The zero-order valence-electron chi connectivity index (χ0n) is 9.44. The highest BCUT2D eigenvalue weighted by Gasteiger charge is 2.18. The van der Waals surface area contributed by atoms with Crippen LogP contribution in [0.15, 0.2) is 23.2 Å².